The molecule has 1 fully saturated rings. The zero-order valence-electron chi connectivity index (χ0n) is 14.9. The molecule has 26 heavy (non-hydrogen) atoms. The molecule has 0 radical (unpaired) electrons. The number of rotatable bonds is 3. The lowest BCUT2D eigenvalue weighted by atomic mass is 10.2. The predicted molar refractivity (Wildman–Crippen MR) is 105 cm³/mol. The van der Waals surface area contributed by atoms with Crippen LogP contribution in [-0.4, -0.2) is 29.6 Å². The fraction of sp³-hybridized carbons (Fsp3) is 0.300. The monoisotopic (exact) mass is 367 g/mol. The SMILES string of the molecule is COc1ccc(NC(=O)N2CCCC2c2nc3ccccc3s2)cc1C. The van der Waals surface area contributed by atoms with Gasteiger partial charge in [0.2, 0.25) is 0 Å². The van der Waals surface area contributed by atoms with Crippen molar-refractivity contribution in [2.75, 3.05) is 19.0 Å². The number of ether oxygens (including phenoxy) is 1. The van der Waals surface area contributed by atoms with E-state index in [-0.39, 0.29) is 12.1 Å². The van der Waals surface area contributed by atoms with Gasteiger partial charge in [0.15, 0.2) is 0 Å². The summed E-state index contributed by atoms with van der Waals surface area (Å²) in [7, 11) is 1.65. The van der Waals surface area contributed by atoms with E-state index in [1.54, 1.807) is 18.4 Å². The Balaban J connectivity index is 1.54. The summed E-state index contributed by atoms with van der Waals surface area (Å²) in [5.41, 5.74) is 2.78. The van der Waals surface area contributed by atoms with Crippen LogP contribution in [0, 0.1) is 6.92 Å². The van der Waals surface area contributed by atoms with Crippen molar-refractivity contribution in [1.29, 1.82) is 0 Å². The number of hydrogen-bond acceptors (Lipinski definition) is 4. The Morgan fingerprint density at radius 3 is 2.92 bits per heavy atom. The van der Waals surface area contributed by atoms with Crippen LogP contribution in [0.15, 0.2) is 42.5 Å². The van der Waals surface area contributed by atoms with Crippen molar-refractivity contribution < 1.29 is 9.53 Å². The van der Waals surface area contributed by atoms with Gasteiger partial charge in [-0.05, 0) is 55.7 Å². The first-order chi connectivity index (χ1) is 12.7. The smallest absolute Gasteiger partial charge is 0.322 e. The van der Waals surface area contributed by atoms with Crippen molar-refractivity contribution in [1.82, 2.24) is 9.88 Å². The molecule has 1 aromatic heterocycles. The van der Waals surface area contributed by atoms with Gasteiger partial charge in [-0.3, -0.25) is 0 Å². The fourth-order valence-corrected chi connectivity index (χ4v) is 4.57. The Hall–Kier alpha value is -2.60. The number of anilines is 1. The third-order valence-corrected chi connectivity index (χ3v) is 5.89. The number of benzene rings is 2. The van der Waals surface area contributed by atoms with E-state index in [0.29, 0.717) is 0 Å². The zero-order valence-corrected chi connectivity index (χ0v) is 15.7. The van der Waals surface area contributed by atoms with Gasteiger partial charge in [0.25, 0.3) is 0 Å². The largest absolute Gasteiger partial charge is 0.496 e. The lowest BCUT2D eigenvalue weighted by molar-refractivity contribution is 0.207. The van der Waals surface area contributed by atoms with Gasteiger partial charge in [-0.15, -0.1) is 11.3 Å². The molecule has 2 amide bonds. The highest BCUT2D eigenvalue weighted by Gasteiger charge is 2.32. The molecule has 1 atom stereocenters. The van der Waals surface area contributed by atoms with Crippen molar-refractivity contribution in [2.45, 2.75) is 25.8 Å². The molecule has 4 rings (SSSR count). The third-order valence-electron chi connectivity index (χ3n) is 4.76. The number of hydrogen-bond donors (Lipinski definition) is 1. The average Bonchev–Trinajstić information content (AvgIpc) is 3.28. The van der Waals surface area contributed by atoms with Crippen molar-refractivity contribution >= 4 is 33.3 Å². The van der Waals surface area contributed by atoms with Gasteiger partial charge in [-0.25, -0.2) is 9.78 Å². The van der Waals surface area contributed by atoms with E-state index in [9.17, 15) is 4.79 Å². The molecule has 2 aromatic carbocycles. The topological polar surface area (TPSA) is 54.5 Å². The maximum absolute atomic E-state index is 12.8. The molecule has 0 saturated carbocycles. The number of carbonyl (C=O) groups excluding carboxylic acids is 1. The van der Waals surface area contributed by atoms with Crippen molar-refractivity contribution in [3.05, 3.63) is 53.0 Å². The molecule has 1 N–H and O–H groups in total. The Bertz CT molecular complexity index is 920. The number of methoxy groups -OCH3 is 1. The molecule has 0 aliphatic carbocycles. The second kappa shape index (κ2) is 6.96. The number of nitrogens with zero attached hydrogens (tertiary/aromatic N) is 2. The number of thiazole rings is 1. The summed E-state index contributed by atoms with van der Waals surface area (Å²) in [6.07, 6.45) is 1.95. The number of fused-ring (bicyclic) bond motifs is 1. The first-order valence-corrected chi connectivity index (χ1v) is 9.55. The second-order valence-electron chi connectivity index (χ2n) is 6.49. The van der Waals surface area contributed by atoms with Gasteiger partial charge in [0.05, 0.1) is 23.4 Å². The van der Waals surface area contributed by atoms with E-state index in [1.165, 1.54) is 4.70 Å². The number of urea groups is 1. The van der Waals surface area contributed by atoms with E-state index < -0.39 is 0 Å². The highest BCUT2D eigenvalue weighted by molar-refractivity contribution is 7.18. The zero-order chi connectivity index (χ0) is 18.1. The Labute approximate surface area is 156 Å². The summed E-state index contributed by atoms with van der Waals surface area (Å²) in [4.78, 5) is 19.5. The maximum Gasteiger partial charge on any atom is 0.322 e. The third kappa shape index (κ3) is 3.12. The Kier molecular flexibility index (Phi) is 4.51. The summed E-state index contributed by atoms with van der Waals surface area (Å²) in [6, 6.07) is 13.8. The van der Waals surface area contributed by atoms with Crippen molar-refractivity contribution in [2.24, 2.45) is 0 Å². The van der Waals surface area contributed by atoms with Crippen LogP contribution in [0.2, 0.25) is 0 Å². The van der Waals surface area contributed by atoms with Crippen LogP contribution in [0.4, 0.5) is 10.5 Å². The summed E-state index contributed by atoms with van der Waals surface area (Å²) >= 11 is 1.68. The standard InChI is InChI=1S/C20H21N3O2S/c1-13-12-14(9-10-17(13)25-2)21-20(24)23-11-5-7-16(23)19-22-15-6-3-4-8-18(15)26-19/h3-4,6,8-10,12,16H,5,7,11H2,1-2H3,(H,21,24). The van der Waals surface area contributed by atoms with Crippen molar-refractivity contribution in [3.63, 3.8) is 0 Å². The van der Waals surface area contributed by atoms with Crippen LogP contribution in [0.3, 0.4) is 0 Å². The highest BCUT2D eigenvalue weighted by Crippen LogP contribution is 2.36. The Morgan fingerprint density at radius 1 is 1.31 bits per heavy atom. The molecule has 6 heteroatoms. The normalized spacial score (nSPS) is 16.8. The number of amides is 2. The quantitative estimate of drug-likeness (QED) is 0.710. The molecule has 1 aliphatic heterocycles. The molecular formula is C20H21N3O2S. The lowest BCUT2D eigenvalue weighted by Gasteiger charge is -2.23. The van der Waals surface area contributed by atoms with E-state index >= 15 is 0 Å². The molecule has 1 unspecified atom stereocenters. The number of nitrogens with one attached hydrogen (secondary N) is 1. The molecular weight excluding hydrogens is 346 g/mol. The average molecular weight is 367 g/mol. The van der Waals surface area contributed by atoms with Gasteiger partial charge >= 0.3 is 6.03 Å². The number of aromatic nitrogens is 1. The van der Waals surface area contributed by atoms with Crippen LogP contribution in [0.5, 0.6) is 5.75 Å². The minimum Gasteiger partial charge on any atom is -0.496 e. The van der Waals surface area contributed by atoms with Gasteiger partial charge < -0.3 is 15.0 Å². The van der Waals surface area contributed by atoms with Gasteiger partial charge in [0, 0.05) is 12.2 Å². The molecule has 134 valence electrons. The van der Waals surface area contributed by atoms with E-state index in [0.717, 1.165) is 46.9 Å². The van der Waals surface area contributed by atoms with Gasteiger partial charge in [-0.1, -0.05) is 12.1 Å². The van der Waals surface area contributed by atoms with Crippen LogP contribution in [-0.2, 0) is 0 Å². The first-order valence-electron chi connectivity index (χ1n) is 8.73. The minimum absolute atomic E-state index is 0.0479. The van der Waals surface area contributed by atoms with Gasteiger partial charge in [0.1, 0.15) is 10.8 Å². The van der Waals surface area contributed by atoms with Gasteiger partial charge in [-0.2, -0.15) is 0 Å². The predicted octanol–water partition coefficient (Wildman–Crippen LogP) is 4.98. The maximum atomic E-state index is 12.8. The lowest BCUT2D eigenvalue weighted by Crippen LogP contribution is -2.34. The van der Waals surface area contributed by atoms with Crippen molar-refractivity contribution in [3.8, 4) is 5.75 Å². The van der Waals surface area contributed by atoms with Crippen LogP contribution < -0.4 is 10.1 Å². The molecule has 2 heterocycles. The second-order valence-corrected chi connectivity index (χ2v) is 7.55. The summed E-state index contributed by atoms with van der Waals surface area (Å²) in [5, 5.41) is 4.04. The summed E-state index contributed by atoms with van der Waals surface area (Å²) in [6.45, 7) is 2.72. The van der Waals surface area contributed by atoms with Crippen LogP contribution in [0.25, 0.3) is 10.2 Å². The fourth-order valence-electron chi connectivity index (χ4n) is 3.45. The molecule has 5 nitrogen and oxygen atoms in total. The summed E-state index contributed by atoms with van der Waals surface area (Å²) < 4.78 is 6.45. The molecule has 0 spiro atoms. The first kappa shape index (κ1) is 16.8. The number of carbonyl (C=O) groups is 1. The van der Waals surface area contributed by atoms with E-state index in [2.05, 4.69) is 11.4 Å². The number of aryl methyl sites for hydroxylation is 1. The number of likely N-dealkylation sites (tertiary alicyclic amines) is 1. The van der Waals surface area contributed by atoms with E-state index in [4.69, 9.17) is 9.72 Å². The molecule has 1 saturated heterocycles. The van der Waals surface area contributed by atoms with E-state index in [1.807, 2.05) is 48.2 Å². The Morgan fingerprint density at radius 2 is 2.15 bits per heavy atom. The highest BCUT2D eigenvalue weighted by atomic mass is 32.1. The number of para-hydroxylation sites is 1. The molecule has 0 bridgehead atoms. The van der Waals surface area contributed by atoms with Crippen LogP contribution >= 0.6 is 11.3 Å². The molecule has 1 aliphatic rings. The molecule has 3 aromatic rings. The van der Waals surface area contributed by atoms with Crippen LogP contribution in [0.1, 0.15) is 29.5 Å². The summed E-state index contributed by atoms with van der Waals surface area (Å²) in [5.74, 6) is 0.816. The minimum atomic E-state index is -0.0728.